The second-order valence-corrected chi connectivity index (χ2v) is 10.1. The highest BCUT2D eigenvalue weighted by atomic mass is 35.5. The quantitative estimate of drug-likeness (QED) is 0.474. The number of amides is 1. The monoisotopic (exact) mass is 486 g/mol. The molecule has 0 fully saturated rings. The van der Waals surface area contributed by atoms with Crippen molar-refractivity contribution in [1.82, 2.24) is 9.62 Å². The molecule has 8 heteroatoms. The van der Waals surface area contributed by atoms with Crippen molar-refractivity contribution in [3.63, 3.8) is 0 Å². The Kier molecular flexibility index (Phi) is 8.13. The highest BCUT2D eigenvalue weighted by molar-refractivity contribution is 7.89. The Morgan fingerprint density at radius 1 is 1.00 bits per heavy atom. The summed E-state index contributed by atoms with van der Waals surface area (Å²) in [6.45, 7) is 3.55. The van der Waals surface area contributed by atoms with E-state index in [9.17, 15) is 13.2 Å². The van der Waals surface area contributed by atoms with Gasteiger partial charge in [0, 0.05) is 11.6 Å². The number of aryl methyl sites for hydroxylation is 1. The van der Waals surface area contributed by atoms with E-state index in [1.807, 2.05) is 62.4 Å². The van der Waals surface area contributed by atoms with Crippen LogP contribution in [0.4, 0.5) is 0 Å². The molecule has 3 aromatic carbocycles. The van der Waals surface area contributed by atoms with Crippen LogP contribution >= 0.6 is 11.6 Å². The van der Waals surface area contributed by atoms with E-state index in [1.165, 1.54) is 28.6 Å². The van der Waals surface area contributed by atoms with Gasteiger partial charge in [-0.25, -0.2) is 8.42 Å². The fourth-order valence-electron chi connectivity index (χ4n) is 3.30. The van der Waals surface area contributed by atoms with Gasteiger partial charge in [0.1, 0.15) is 5.75 Å². The molecule has 0 spiro atoms. The molecule has 0 bridgehead atoms. The average molecular weight is 487 g/mol. The number of nitrogens with zero attached hydrogens (tertiary/aromatic N) is 1. The molecule has 0 aromatic heterocycles. The molecule has 3 rings (SSSR count). The molecule has 3 aromatic rings. The van der Waals surface area contributed by atoms with Gasteiger partial charge in [-0.05, 0) is 61.4 Å². The lowest BCUT2D eigenvalue weighted by atomic mass is 10.1. The molecule has 0 aliphatic rings. The number of benzene rings is 3. The minimum Gasteiger partial charge on any atom is -0.497 e. The van der Waals surface area contributed by atoms with Crippen LogP contribution in [-0.2, 0) is 21.4 Å². The molecule has 0 aliphatic heterocycles. The van der Waals surface area contributed by atoms with E-state index in [2.05, 4.69) is 5.32 Å². The minimum absolute atomic E-state index is 0.0651. The van der Waals surface area contributed by atoms with Crippen molar-refractivity contribution in [2.24, 2.45) is 0 Å². The Balaban J connectivity index is 1.81. The van der Waals surface area contributed by atoms with Crippen LogP contribution in [0.15, 0.2) is 77.7 Å². The largest absolute Gasteiger partial charge is 0.497 e. The third-order valence-electron chi connectivity index (χ3n) is 5.24. The molecule has 1 amide bonds. The van der Waals surface area contributed by atoms with Crippen LogP contribution in [-0.4, -0.2) is 32.3 Å². The number of carbonyl (C=O) groups excluding carboxylic acids is 1. The van der Waals surface area contributed by atoms with E-state index in [-0.39, 0.29) is 24.0 Å². The molecule has 1 N–H and O–H groups in total. The lowest BCUT2D eigenvalue weighted by Gasteiger charge is -2.23. The number of methoxy groups -OCH3 is 1. The highest BCUT2D eigenvalue weighted by Gasteiger charge is 2.27. The van der Waals surface area contributed by atoms with Crippen molar-refractivity contribution in [1.29, 1.82) is 0 Å². The summed E-state index contributed by atoms with van der Waals surface area (Å²) < 4.78 is 33.1. The first-order valence-electron chi connectivity index (χ1n) is 10.4. The second kappa shape index (κ2) is 10.8. The van der Waals surface area contributed by atoms with Crippen molar-refractivity contribution in [3.8, 4) is 5.75 Å². The molecule has 0 saturated heterocycles. The standard InChI is InChI=1S/C25H27ClN2O4S/c1-18-4-6-20(7-5-18)16-28(33(30,31)24-14-10-22(26)11-15-24)17-25(29)27-19(2)21-8-12-23(32-3)13-9-21/h4-15,19H,16-17H2,1-3H3,(H,27,29)/t19-/m1/s1. The van der Waals surface area contributed by atoms with E-state index in [1.54, 1.807) is 7.11 Å². The number of hydrogen-bond donors (Lipinski definition) is 1. The van der Waals surface area contributed by atoms with Crippen LogP contribution < -0.4 is 10.1 Å². The first kappa shape index (κ1) is 24.8. The molecule has 174 valence electrons. The third-order valence-corrected chi connectivity index (χ3v) is 7.30. The van der Waals surface area contributed by atoms with Crippen molar-refractivity contribution in [3.05, 3.63) is 94.5 Å². The van der Waals surface area contributed by atoms with Gasteiger partial charge in [0.2, 0.25) is 15.9 Å². The first-order valence-corrected chi connectivity index (χ1v) is 12.3. The maximum atomic E-state index is 13.4. The number of carbonyl (C=O) groups is 1. The smallest absolute Gasteiger partial charge is 0.243 e. The Hall–Kier alpha value is -2.87. The molecule has 33 heavy (non-hydrogen) atoms. The van der Waals surface area contributed by atoms with Gasteiger partial charge in [-0.3, -0.25) is 4.79 Å². The van der Waals surface area contributed by atoms with Crippen molar-refractivity contribution >= 4 is 27.5 Å². The number of halogens is 1. The zero-order valence-corrected chi connectivity index (χ0v) is 20.4. The van der Waals surface area contributed by atoms with Crippen LogP contribution in [0.3, 0.4) is 0 Å². The molecular formula is C25H27ClN2O4S. The zero-order valence-electron chi connectivity index (χ0n) is 18.8. The summed E-state index contributed by atoms with van der Waals surface area (Å²) >= 11 is 5.92. The van der Waals surface area contributed by atoms with Crippen LogP contribution in [0.25, 0.3) is 0 Å². The van der Waals surface area contributed by atoms with Gasteiger partial charge < -0.3 is 10.1 Å². The molecule has 0 saturated carbocycles. The van der Waals surface area contributed by atoms with Gasteiger partial charge >= 0.3 is 0 Å². The van der Waals surface area contributed by atoms with Crippen molar-refractivity contribution in [2.45, 2.75) is 31.3 Å². The molecule has 0 aliphatic carbocycles. The molecule has 0 heterocycles. The Morgan fingerprint density at radius 3 is 2.18 bits per heavy atom. The van der Waals surface area contributed by atoms with Gasteiger partial charge in [-0.15, -0.1) is 0 Å². The number of hydrogen-bond acceptors (Lipinski definition) is 4. The van der Waals surface area contributed by atoms with Gasteiger partial charge in [0.25, 0.3) is 0 Å². The molecular weight excluding hydrogens is 460 g/mol. The van der Waals surface area contributed by atoms with Crippen LogP contribution in [0, 0.1) is 6.92 Å². The van der Waals surface area contributed by atoms with Gasteiger partial charge in [-0.1, -0.05) is 53.6 Å². The summed E-state index contributed by atoms with van der Waals surface area (Å²) in [6, 6.07) is 20.5. The molecule has 0 unspecified atom stereocenters. The Bertz CT molecular complexity index is 1180. The van der Waals surface area contributed by atoms with E-state index >= 15 is 0 Å². The summed E-state index contributed by atoms with van der Waals surface area (Å²) in [5.41, 5.74) is 2.74. The molecule has 6 nitrogen and oxygen atoms in total. The lowest BCUT2D eigenvalue weighted by molar-refractivity contribution is -0.122. The summed E-state index contributed by atoms with van der Waals surface area (Å²) in [4.78, 5) is 13.0. The maximum absolute atomic E-state index is 13.4. The summed E-state index contributed by atoms with van der Waals surface area (Å²) in [6.07, 6.45) is 0. The first-order chi connectivity index (χ1) is 15.7. The highest BCUT2D eigenvalue weighted by Crippen LogP contribution is 2.22. The second-order valence-electron chi connectivity index (χ2n) is 7.77. The number of nitrogens with one attached hydrogen (secondary N) is 1. The third kappa shape index (κ3) is 6.57. The predicted molar refractivity (Wildman–Crippen MR) is 130 cm³/mol. The average Bonchev–Trinajstić information content (AvgIpc) is 2.80. The SMILES string of the molecule is COc1ccc([C@@H](C)NC(=O)CN(Cc2ccc(C)cc2)S(=O)(=O)c2ccc(Cl)cc2)cc1. The van der Waals surface area contributed by atoms with E-state index in [0.29, 0.717) is 5.02 Å². The van der Waals surface area contributed by atoms with Crippen LogP contribution in [0.1, 0.15) is 29.7 Å². The summed E-state index contributed by atoms with van der Waals surface area (Å²) in [7, 11) is -2.35. The predicted octanol–water partition coefficient (Wildman–Crippen LogP) is 4.73. The lowest BCUT2D eigenvalue weighted by Crippen LogP contribution is -2.41. The minimum atomic E-state index is -3.93. The van der Waals surface area contributed by atoms with E-state index < -0.39 is 15.9 Å². The number of sulfonamides is 1. The molecule has 1 atom stereocenters. The van der Waals surface area contributed by atoms with E-state index in [0.717, 1.165) is 22.4 Å². The van der Waals surface area contributed by atoms with Crippen LogP contribution in [0.5, 0.6) is 5.75 Å². The number of ether oxygens (including phenoxy) is 1. The topological polar surface area (TPSA) is 75.7 Å². The fourth-order valence-corrected chi connectivity index (χ4v) is 4.81. The maximum Gasteiger partial charge on any atom is 0.243 e. The summed E-state index contributed by atoms with van der Waals surface area (Å²) in [5.74, 6) is 0.318. The fraction of sp³-hybridized carbons (Fsp3) is 0.240. The van der Waals surface area contributed by atoms with Gasteiger partial charge in [0.05, 0.1) is 24.6 Å². The zero-order chi connectivity index (χ0) is 24.0. The van der Waals surface area contributed by atoms with Gasteiger partial charge in [0.15, 0.2) is 0 Å². The molecule has 0 radical (unpaired) electrons. The van der Waals surface area contributed by atoms with Crippen LogP contribution in [0.2, 0.25) is 5.02 Å². The van der Waals surface area contributed by atoms with Gasteiger partial charge in [-0.2, -0.15) is 4.31 Å². The van der Waals surface area contributed by atoms with Crippen molar-refractivity contribution in [2.75, 3.05) is 13.7 Å². The van der Waals surface area contributed by atoms with E-state index in [4.69, 9.17) is 16.3 Å². The Labute approximate surface area is 200 Å². The Morgan fingerprint density at radius 2 is 1.61 bits per heavy atom. The normalized spacial score (nSPS) is 12.4. The summed E-state index contributed by atoms with van der Waals surface area (Å²) in [5, 5.41) is 3.32. The van der Waals surface area contributed by atoms with Crippen molar-refractivity contribution < 1.29 is 17.9 Å². The number of rotatable bonds is 9.